The molecule has 0 bridgehead atoms. The molecule has 0 saturated carbocycles. The molecule has 0 aliphatic carbocycles. The van der Waals surface area contributed by atoms with E-state index in [0.29, 0.717) is 11.5 Å². The van der Waals surface area contributed by atoms with E-state index in [-0.39, 0.29) is 0 Å². The first-order valence-electron chi connectivity index (χ1n) is 10.3. The standard InChI is InChI=1S/C28H19NO2/c1-3-12-21(13-4-1)29(22-14-5-2-6-15-22)23-16-9-19-26-28(23)31-25-18-8-11-20-10-7-17-24(30-26)27(20)25/h1-19H. The molecule has 0 saturated heterocycles. The van der Waals surface area contributed by atoms with Crippen LogP contribution in [0.4, 0.5) is 17.1 Å². The summed E-state index contributed by atoms with van der Waals surface area (Å²) in [4.78, 5) is 2.19. The van der Waals surface area contributed by atoms with Crippen LogP contribution in [0.25, 0.3) is 10.8 Å². The van der Waals surface area contributed by atoms with Gasteiger partial charge in [0.15, 0.2) is 11.5 Å². The van der Waals surface area contributed by atoms with E-state index in [4.69, 9.17) is 9.47 Å². The van der Waals surface area contributed by atoms with Crippen LogP contribution in [0.15, 0.2) is 115 Å². The van der Waals surface area contributed by atoms with Crippen LogP contribution in [0.2, 0.25) is 0 Å². The lowest BCUT2D eigenvalue weighted by molar-refractivity contribution is 0.440. The van der Waals surface area contributed by atoms with Crippen LogP contribution < -0.4 is 14.4 Å². The molecule has 5 aromatic rings. The summed E-state index contributed by atoms with van der Waals surface area (Å²) in [5.41, 5.74) is 3.01. The predicted molar refractivity (Wildman–Crippen MR) is 125 cm³/mol. The van der Waals surface area contributed by atoms with Gasteiger partial charge in [0.2, 0.25) is 0 Å². The number of anilines is 3. The smallest absolute Gasteiger partial charge is 0.193 e. The fourth-order valence-corrected chi connectivity index (χ4v) is 4.12. The molecule has 1 aliphatic rings. The number of benzene rings is 5. The maximum atomic E-state index is 6.56. The Morgan fingerprint density at radius 1 is 0.452 bits per heavy atom. The van der Waals surface area contributed by atoms with Gasteiger partial charge in [0.25, 0.3) is 0 Å². The van der Waals surface area contributed by atoms with Gasteiger partial charge in [-0.25, -0.2) is 0 Å². The van der Waals surface area contributed by atoms with Gasteiger partial charge >= 0.3 is 0 Å². The molecule has 3 nitrogen and oxygen atoms in total. The Labute approximate surface area is 180 Å². The van der Waals surface area contributed by atoms with E-state index in [0.717, 1.165) is 39.3 Å². The van der Waals surface area contributed by atoms with Crippen molar-refractivity contribution in [2.75, 3.05) is 4.90 Å². The average molecular weight is 401 g/mol. The lowest BCUT2D eigenvalue weighted by Gasteiger charge is -2.27. The maximum absolute atomic E-state index is 6.56. The first kappa shape index (κ1) is 17.6. The molecule has 0 N–H and O–H groups in total. The number of para-hydroxylation sites is 3. The Hall–Kier alpha value is -4.24. The molecule has 0 fully saturated rings. The molecule has 1 aliphatic heterocycles. The summed E-state index contributed by atoms with van der Waals surface area (Å²) in [6.45, 7) is 0. The second kappa shape index (κ2) is 7.22. The normalized spacial score (nSPS) is 11.7. The quantitative estimate of drug-likeness (QED) is 0.298. The predicted octanol–water partition coefficient (Wildman–Crippen LogP) is 8.21. The SMILES string of the molecule is c1ccc(N(c2ccccc2)c2cccc3c2Oc2cccc4cccc(c24)O3)cc1. The largest absolute Gasteiger partial charge is 0.453 e. The van der Waals surface area contributed by atoms with Crippen molar-refractivity contribution in [2.45, 2.75) is 0 Å². The minimum atomic E-state index is 0.693. The molecule has 5 aromatic carbocycles. The van der Waals surface area contributed by atoms with Gasteiger partial charge in [-0.2, -0.15) is 0 Å². The topological polar surface area (TPSA) is 21.7 Å². The molecule has 3 heteroatoms. The van der Waals surface area contributed by atoms with Crippen molar-refractivity contribution in [1.82, 2.24) is 0 Å². The third-order valence-corrected chi connectivity index (χ3v) is 5.49. The Morgan fingerprint density at radius 2 is 1.00 bits per heavy atom. The van der Waals surface area contributed by atoms with Gasteiger partial charge in [0.05, 0.1) is 11.1 Å². The van der Waals surface area contributed by atoms with Gasteiger partial charge in [-0.1, -0.05) is 66.7 Å². The molecule has 0 radical (unpaired) electrons. The van der Waals surface area contributed by atoms with Crippen molar-refractivity contribution >= 4 is 27.8 Å². The first-order valence-corrected chi connectivity index (χ1v) is 10.3. The third kappa shape index (κ3) is 2.99. The molecule has 0 amide bonds. The van der Waals surface area contributed by atoms with Crippen molar-refractivity contribution in [3.05, 3.63) is 115 Å². The van der Waals surface area contributed by atoms with Gasteiger partial charge in [0, 0.05) is 11.4 Å². The third-order valence-electron chi connectivity index (χ3n) is 5.49. The van der Waals surface area contributed by atoms with Gasteiger partial charge in [-0.3, -0.25) is 0 Å². The number of ether oxygens (including phenoxy) is 2. The highest BCUT2D eigenvalue weighted by atomic mass is 16.5. The van der Waals surface area contributed by atoms with Crippen LogP contribution in [0.3, 0.4) is 0 Å². The molecule has 6 rings (SSSR count). The van der Waals surface area contributed by atoms with Crippen molar-refractivity contribution in [3.63, 3.8) is 0 Å². The van der Waals surface area contributed by atoms with Gasteiger partial charge in [0.1, 0.15) is 11.5 Å². The Morgan fingerprint density at radius 3 is 1.65 bits per heavy atom. The van der Waals surface area contributed by atoms with E-state index < -0.39 is 0 Å². The summed E-state index contributed by atoms with van der Waals surface area (Å²) in [6, 6.07) is 38.8. The summed E-state index contributed by atoms with van der Waals surface area (Å²) in [5.74, 6) is 2.98. The molecule has 1 heterocycles. The van der Waals surface area contributed by atoms with E-state index >= 15 is 0 Å². The van der Waals surface area contributed by atoms with E-state index in [1.165, 1.54) is 0 Å². The van der Waals surface area contributed by atoms with Crippen LogP contribution in [0.5, 0.6) is 23.0 Å². The second-order valence-electron chi connectivity index (χ2n) is 7.43. The van der Waals surface area contributed by atoms with Gasteiger partial charge in [-0.15, -0.1) is 0 Å². The average Bonchev–Trinajstić information content (AvgIpc) is 2.99. The van der Waals surface area contributed by atoms with Crippen molar-refractivity contribution < 1.29 is 9.47 Å². The highest BCUT2D eigenvalue weighted by Gasteiger charge is 2.25. The Bertz CT molecular complexity index is 1340. The molecule has 31 heavy (non-hydrogen) atoms. The zero-order chi connectivity index (χ0) is 20.6. The van der Waals surface area contributed by atoms with E-state index in [9.17, 15) is 0 Å². The summed E-state index contributed by atoms with van der Waals surface area (Å²) < 4.78 is 12.9. The Kier molecular flexibility index (Phi) is 4.10. The minimum absolute atomic E-state index is 0.693. The highest BCUT2D eigenvalue weighted by Crippen LogP contribution is 2.51. The van der Waals surface area contributed by atoms with Crippen LogP contribution >= 0.6 is 0 Å². The summed E-state index contributed by atoms with van der Waals surface area (Å²) in [6.07, 6.45) is 0. The zero-order valence-electron chi connectivity index (χ0n) is 16.7. The number of rotatable bonds is 3. The lowest BCUT2D eigenvalue weighted by Crippen LogP contribution is -2.11. The molecular weight excluding hydrogens is 382 g/mol. The van der Waals surface area contributed by atoms with Crippen LogP contribution in [0, 0.1) is 0 Å². The van der Waals surface area contributed by atoms with E-state index in [2.05, 4.69) is 47.4 Å². The number of hydrogen-bond acceptors (Lipinski definition) is 3. The number of hydrogen-bond donors (Lipinski definition) is 0. The minimum Gasteiger partial charge on any atom is -0.453 e. The van der Waals surface area contributed by atoms with Crippen LogP contribution in [-0.2, 0) is 0 Å². The number of nitrogens with zero attached hydrogens (tertiary/aromatic N) is 1. The molecule has 0 spiro atoms. The van der Waals surface area contributed by atoms with Crippen molar-refractivity contribution in [3.8, 4) is 23.0 Å². The maximum Gasteiger partial charge on any atom is 0.193 e. The Balaban J connectivity index is 1.59. The lowest BCUT2D eigenvalue weighted by atomic mass is 10.1. The summed E-state index contributed by atoms with van der Waals surface area (Å²) >= 11 is 0. The fourth-order valence-electron chi connectivity index (χ4n) is 4.12. The van der Waals surface area contributed by atoms with Crippen LogP contribution in [-0.4, -0.2) is 0 Å². The molecule has 0 aromatic heterocycles. The molecule has 148 valence electrons. The first-order chi connectivity index (χ1) is 15.4. The van der Waals surface area contributed by atoms with Crippen molar-refractivity contribution in [2.24, 2.45) is 0 Å². The molecule has 0 unspecified atom stereocenters. The highest BCUT2D eigenvalue weighted by molar-refractivity contribution is 5.95. The van der Waals surface area contributed by atoms with Gasteiger partial charge < -0.3 is 14.4 Å². The summed E-state index contributed by atoms with van der Waals surface area (Å²) in [7, 11) is 0. The van der Waals surface area contributed by atoms with Crippen molar-refractivity contribution in [1.29, 1.82) is 0 Å². The van der Waals surface area contributed by atoms with E-state index in [1.54, 1.807) is 0 Å². The zero-order valence-corrected chi connectivity index (χ0v) is 16.7. The monoisotopic (exact) mass is 401 g/mol. The number of fused-ring (bicyclic) bond motifs is 1. The fraction of sp³-hybridized carbons (Fsp3) is 0. The van der Waals surface area contributed by atoms with Gasteiger partial charge in [-0.05, 0) is 53.9 Å². The molecular formula is C28H19NO2. The summed E-state index contributed by atoms with van der Waals surface area (Å²) in [5, 5.41) is 2.07. The second-order valence-corrected chi connectivity index (χ2v) is 7.43. The van der Waals surface area contributed by atoms with E-state index in [1.807, 2.05) is 72.8 Å². The van der Waals surface area contributed by atoms with Crippen LogP contribution in [0.1, 0.15) is 0 Å². The molecule has 0 atom stereocenters.